The van der Waals surface area contributed by atoms with Crippen molar-refractivity contribution in [3.63, 3.8) is 0 Å². The van der Waals surface area contributed by atoms with Gasteiger partial charge in [-0.15, -0.1) is 11.3 Å². The fourth-order valence-electron chi connectivity index (χ4n) is 2.15. The average molecular weight is 284 g/mol. The summed E-state index contributed by atoms with van der Waals surface area (Å²) in [6, 6.07) is 0. The van der Waals surface area contributed by atoms with Gasteiger partial charge in [0.1, 0.15) is 4.88 Å². The number of hydrogen-bond acceptors (Lipinski definition) is 5. The van der Waals surface area contributed by atoms with Gasteiger partial charge < -0.3 is 9.84 Å². The molecule has 1 fully saturated rings. The quantitative estimate of drug-likeness (QED) is 0.919. The number of piperidine rings is 1. The zero-order valence-electron chi connectivity index (χ0n) is 10.1. The van der Waals surface area contributed by atoms with Crippen LogP contribution in [0.3, 0.4) is 0 Å². The van der Waals surface area contributed by atoms with Gasteiger partial charge in [0.05, 0.1) is 5.02 Å². The largest absolute Gasteiger partial charge is 0.333 e. The van der Waals surface area contributed by atoms with E-state index in [-0.39, 0.29) is 0 Å². The van der Waals surface area contributed by atoms with Gasteiger partial charge in [-0.2, -0.15) is 4.98 Å². The number of aromatic nitrogens is 2. The summed E-state index contributed by atoms with van der Waals surface area (Å²) in [7, 11) is 0. The topological polar surface area (TPSA) is 51.0 Å². The molecule has 2 aromatic heterocycles. The monoisotopic (exact) mass is 283 g/mol. The van der Waals surface area contributed by atoms with Gasteiger partial charge in [0.15, 0.2) is 5.82 Å². The molecule has 96 valence electrons. The normalized spacial score (nSPS) is 17.2. The first-order valence-corrected chi connectivity index (χ1v) is 7.29. The Morgan fingerprint density at radius 1 is 1.44 bits per heavy atom. The van der Waals surface area contributed by atoms with E-state index in [1.54, 1.807) is 11.3 Å². The van der Waals surface area contributed by atoms with Crippen LogP contribution in [-0.4, -0.2) is 23.2 Å². The molecule has 0 bridgehead atoms. The summed E-state index contributed by atoms with van der Waals surface area (Å²) >= 11 is 7.76. The Balaban J connectivity index is 1.87. The van der Waals surface area contributed by atoms with Crippen molar-refractivity contribution in [2.75, 3.05) is 13.1 Å². The average Bonchev–Trinajstić information content (AvgIpc) is 3.00. The first kappa shape index (κ1) is 12.1. The molecule has 0 unspecified atom stereocenters. The number of halogens is 1. The third-order valence-corrected chi connectivity index (χ3v) is 4.92. The minimum Gasteiger partial charge on any atom is -0.333 e. The lowest BCUT2D eigenvalue weighted by atomic mass is 9.98. The van der Waals surface area contributed by atoms with Gasteiger partial charge in [0.2, 0.25) is 0 Å². The minimum absolute atomic E-state index is 0.406. The van der Waals surface area contributed by atoms with Crippen molar-refractivity contribution in [1.82, 2.24) is 15.5 Å². The smallest absolute Gasteiger partial charge is 0.269 e. The summed E-state index contributed by atoms with van der Waals surface area (Å²) in [6.07, 6.45) is 2.13. The molecule has 6 heteroatoms. The number of rotatable bonds is 2. The van der Waals surface area contributed by atoms with Gasteiger partial charge in [0, 0.05) is 5.92 Å². The van der Waals surface area contributed by atoms with Gasteiger partial charge >= 0.3 is 0 Å². The molecule has 0 spiro atoms. The SMILES string of the molecule is Cc1csc(-c2nc(C3CCNCC3)no2)c1Cl. The van der Waals surface area contributed by atoms with E-state index in [1.165, 1.54) is 0 Å². The van der Waals surface area contributed by atoms with E-state index in [0.29, 0.717) is 11.8 Å². The van der Waals surface area contributed by atoms with Crippen LogP contribution in [0.25, 0.3) is 10.8 Å². The third-order valence-electron chi connectivity index (χ3n) is 3.24. The summed E-state index contributed by atoms with van der Waals surface area (Å²) in [6.45, 7) is 4.02. The Hall–Kier alpha value is -0.910. The Bertz CT molecular complexity index is 545. The van der Waals surface area contributed by atoms with Crippen molar-refractivity contribution in [1.29, 1.82) is 0 Å². The van der Waals surface area contributed by atoms with Crippen LogP contribution in [-0.2, 0) is 0 Å². The van der Waals surface area contributed by atoms with Crippen LogP contribution < -0.4 is 5.32 Å². The van der Waals surface area contributed by atoms with E-state index in [4.69, 9.17) is 16.1 Å². The highest BCUT2D eigenvalue weighted by molar-refractivity contribution is 7.14. The van der Waals surface area contributed by atoms with Crippen molar-refractivity contribution in [2.45, 2.75) is 25.7 Å². The van der Waals surface area contributed by atoms with Crippen LogP contribution in [0.1, 0.15) is 30.1 Å². The third kappa shape index (κ3) is 2.18. The summed E-state index contributed by atoms with van der Waals surface area (Å²) in [5.74, 6) is 1.77. The molecule has 0 saturated carbocycles. The maximum absolute atomic E-state index is 6.21. The fraction of sp³-hybridized carbons (Fsp3) is 0.500. The van der Waals surface area contributed by atoms with Crippen molar-refractivity contribution in [2.24, 2.45) is 0 Å². The molecule has 0 aliphatic carbocycles. The van der Waals surface area contributed by atoms with Crippen LogP contribution in [0, 0.1) is 6.92 Å². The van der Waals surface area contributed by atoms with Crippen LogP contribution in [0.5, 0.6) is 0 Å². The van der Waals surface area contributed by atoms with Crippen LogP contribution in [0.4, 0.5) is 0 Å². The van der Waals surface area contributed by atoms with Crippen LogP contribution in [0.2, 0.25) is 5.02 Å². The minimum atomic E-state index is 0.406. The first-order valence-electron chi connectivity index (χ1n) is 6.04. The molecular weight excluding hydrogens is 270 g/mol. The molecular formula is C12H14ClN3OS. The number of thiophene rings is 1. The molecule has 0 aromatic carbocycles. The van der Waals surface area contributed by atoms with Gasteiger partial charge in [-0.25, -0.2) is 0 Å². The van der Waals surface area contributed by atoms with E-state index in [0.717, 1.165) is 47.2 Å². The molecule has 1 aliphatic rings. The summed E-state index contributed by atoms with van der Waals surface area (Å²) in [5, 5.41) is 10.2. The van der Waals surface area contributed by atoms with E-state index < -0.39 is 0 Å². The second-order valence-corrected chi connectivity index (χ2v) is 5.80. The summed E-state index contributed by atoms with van der Waals surface area (Å²) in [5.41, 5.74) is 1.05. The van der Waals surface area contributed by atoms with E-state index in [1.807, 2.05) is 12.3 Å². The molecule has 1 N–H and O–H groups in total. The zero-order valence-corrected chi connectivity index (χ0v) is 11.6. The summed E-state index contributed by atoms with van der Waals surface area (Å²) < 4.78 is 5.34. The van der Waals surface area contributed by atoms with Crippen LogP contribution in [0.15, 0.2) is 9.90 Å². The molecule has 3 rings (SSSR count). The van der Waals surface area contributed by atoms with E-state index >= 15 is 0 Å². The lowest BCUT2D eigenvalue weighted by Gasteiger charge is -2.18. The maximum atomic E-state index is 6.21. The number of aryl methyl sites for hydroxylation is 1. The van der Waals surface area contributed by atoms with Crippen molar-refractivity contribution >= 4 is 22.9 Å². The predicted molar refractivity (Wildman–Crippen MR) is 72.2 cm³/mol. The first-order chi connectivity index (χ1) is 8.75. The molecule has 3 heterocycles. The summed E-state index contributed by atoms with van der Waals surface area (Å²) in [4.78, 5) is 5.38. The van der Waals surface area contributed by atoms with Gasteiger partial charge in [-0.3, -0.25) is 0 Å². The maximum Gasteiger partial charge on any atom is 0.269 e. The molecule has 0 radical (unpaired) electrons. The lowest BCUT2D eigenvalue weighted by molar-refractivity contribution is 0.392. The highest BCUT2D eigenvalue weighted by Crippen LogP contribution is 2.36. The van der Waals surface area contributed by atoms with Crippen molar-refractivity contribution in [3.05, 3.63) is 21.8 Å². The molecule has 0 atom stereocenters. The Labute approximate surface area is 114 Å². The zero-order chi connectivity index (χ0) is 12.5. The standard InChI is InChI=1S/C12H14ClN3OS/c1-7-6-18-10(9(7)13)12-15-11(16-17-12)8-2-4-14-5-3-8/h6,8,14H,2-5H2,1H3. The molecule has 1 aliphatic heterocycles. The second-order valence-electron chi connectivity index (χ2n) is 4.54. The highest BCUT2D eigenvalue weighted by atomic mass is 35.5. The fourth-order valence-corrected chi connectivity index (χ4v) is 3.34. The lowest BCUT2D eigenvalue weighted by Crippen LogP contribution is -2.27. The van der Waals surface area contributed by atoms with Crippen molar-refractivity contribution < 1.29 is 4.52 Å². The molecule has 1 saturated heterocycles. The predicted octanol–water partition coefficient (Wildman–Crippen LogP) is 3.23. The molecule has 4 nitrogen and oxygen atoms in total. The van der Waals surface area contributed by atoms with Crippen LogP contribution >= 0.6 is 22.9 Å². The number of nitrogens with one attached hydrogen (secondary N) is 1. The van der Waals surface area contributed by atoms with E-state index in [2.05, 4.69) is 15.5 Å². The van der Waals surface area contributed by atoms with Gasteiger partial charge in [-0.1, -0.05) is 16.8 Å². The van der Waals surface area contributed by atoms with Gasteiger partial charge in [-0.05, 0) is 43.8 Å². The molecule has 18 heavy (non-hydrogen) atoms. The number of hydrogen-bond donors (Lipinski definition) is 1. The Morgan fingerprint density at radius 2 is 2.22 bits per heavy atom. The Morgan fingerprint density at radius 3 is 2.89 bits per heavy atom. The highest BCUT2D eigenvalue weighted by Gasteiger charge is 2.22. The molecule has 2 aromatic rings. The number of nitrogens with zero attached hydrogens (tertiary/aromatic N) is 2. The second kappa shape index (κ2) is 4.99. The van der Waals surface area contributed by atoms with E-state index in [9.17, 15) is 0 Å². The Kier molecular flexibility index (Phi) is 3.37. The molecule has 0 amide bonds. The van der Waals surface area contributed by atoms with Gasteiger partial charge in [0.25, 0.3) is 5.89 Å². The van der Waals surface area contributed by atoms with Crippen molar-refractivity contribution in [3.8, 4) is 10.8 Å².